The first kappa shape index (κ1) is 16.7. The number of hydrogen-bond donors (Lipinski definition) is 2. The lowest BCUT2D eigenvalue weighted by molar-refractivity contribution is -0.117. The molecule has 0 saturated heterocycles. The van der Waals surface area contributed by atoms with Crippen LogP contribution in [0.2, 0.25) is 0 Å². The summed E-state index contributed by atoms with van der Waals surface area (Å²) >= 11 is 0. The second-order valence-electron chi connectivity index (χ2n) is 7.27. The third kappa shape index (κ3) is 4.05. The number of carbonyl (C=O) groups is 2. The molecule has 1 aromatic carbocycles. The quantitative estimate of drug-likeness (QED) is 0.812. The van der Waals surface area contributed by atoms with Gasteiger partial charge in [0.15, 0.2) is 0 Å². The van der Waals surface area contributed by atoms with E-state index in [2.05, 4.69) is 17.6 Å². The molecular weight excluding hydrogens is 300 g/mol. The lowest BCUT2D eigenvalue weighted by atomic mass is 9.84. The van der Waals surface area contributed by atoms with Crippen LogP contribution in [0.4, 0.5) is 5.69 Å². The molecular formula is C20H26N2O2. The monoisotopic (exact) mass is 326 g/mol. The summed E-state index contributed by atoms with van der Waals surface area (Å²) in [6.07, 6.45) is 8.77. The summed E-state index contributed by atoms with van der Waals surface area (Å²) in [4.78, 5) is 23.1. The molecule has 128 valence electrons. The van der Waals surface area contributed by atoms with Crippen LogP contribution < -0.4 is 10.6 Å². The molecule has 3 rings (SSSR count). The maximum Gasteiger partial charge on any atom is 0.244 e. The highest BCUT2D eigenvalue weighted by Crippen LogP contribution is 2.49. The minimum Gasteiger partial charge on any atom is -0.350 e. The molecule has 2 amide bonds. The van der Waals surface area contributed by atoms with Gasteiger partial charge in [-0.25, -0.2) is 0 Å². The van der Waals surface area contributed by atoms with Crippen LogP contribution in [0.1, 0.15) is 45.1 Å². The minimum atomic E-state index is -0.0905. The summed E-state index contributed by atoms with van der Waals surface area (Å²) in [7, 11) is 0. The van der Waals surface area contributed by atoms with Crippen molar-refractivity contribution in [3.05, 3.63) is 35.9 Å². The number of fused-ring (bicyclic) bond motifs is 2. The average Bonchev–Trinajstić information content (AvgIpc) is 3.17. The van der Waals surface area contributed by atoms with Gasteiger partial charge in [-0.3, -0.25) is 9.59 Å². The van der Waals surface area contributed by atoms with Crippen molar-refractivity contribution in [3.8, 4) is 0 Å². The Morgan fingerprint density at radius 3 is 2.50 bits per heavy atom. The molecule has 0 heterocycles. The van der Waals surface area contributed by atoms with E-state index in [4.69, 9.17) is 0 Å². The van der Waals surface area contributed by atoms with Crippen molar-refractivity contribution in [1.82, 2.24) is 5.32 Å². The average molecular weight is 326 g/mol. The Hall–Kier alpha value is -2.10. The van der Waals surface area contributed by atoms with Crippen LogP contribution in [0.5, 0.6) is 0 Å². The van der Waals surface area contributed by atoms with Gasteiger partial charge in [0.25, 0.3) is 0 Å². The highest BCUT2D eigenvalue weighted by Gasteiger charge is 2.41. The third-order valence-electron chi connectivity index (χ3n) is 5.46. The Labute approximate surface area is 143 Å². The van der Waals surface area contributed by atoms with Crippen LogP contribution in [0, 0.1) is 17.8 Å². The molecule has 2 fully saturated rings. The van der Waals surface area contributed by atoms with Gasteiger partial charge in [0.05, 0.1) is 0 Å². The molecule has 4 unspecified atom stereocenters. The van der Waals surface area contributed by atoms with E-state index in [9.17, 15) is 9.59 Å². The number of benzene rings is 1. The molecule has 24 heavy (non-hydrogen) atoms. The molecule has 4 nitrogen and oxygen atoms in total. The van der Waals surface area contributed by atoms with E-state index in [0.717, 1.165) is 23.1 Å². The molecule has 4 heteroatoms. The fourth-order valence-corrected chi connectivity index (χ4v) is 4.34. The molecule has 0 spiro atoms. The Morgan fingerprint density at radius 2 is 1.92 bits per heavy atom. The zero-order valence-electron chi connectivity index (χ0n) is 14.4. The summed E-state index contributed by atoms with van der Waals surface area (Å²) in [5.74, 6) is 2.24. The number of rotatable bonds is 5. The molecule has 2 N–H and O–H groups in total. The van der Waals surface area contributed by atoms with Gasteiger partial charge in [0.2, 0.25) is 11.8 Å². The van der Waals surface area contributed by atoms with Gasteiger partial charge in [0.1, 0.15) is 0 Å². The minimum absolute atomic E-state index is 0.0313. The van der Waals surface area contributed by atoms with Crippen LogP contribution in [0.25, 0.3) is 6.08 Å². The number of anilines is 1. The second kappa shape index (κ2) is 7.20. The van der Waals surface area contributed by atoms with Gasteiger partial charge < -0.3 is 10.6 Å². The van der Waals surface area contributed by atoms with Crippen molar-refractivity contribution in [2.24, 2.45) is 17.8 Å². The van der Waals surface area contributed by atoms with Crippen molar-refractivity contribution < 1.29 is 9.59 Å². The van der Waals surface area contributed by atoms with Crippen LogP contribution in [0.15, 0.2) is 30.3 Å². The van der Waals surface area contributed by atoms with Gasteiger partial charge in [0, 0.05) is 24.7 Å². The van der Waals surface area contributed by atoms with E-state index in [0.29, 0.717) is 5.92 Å². The Kier molecular flexibility index (Phi) is 5.03. The summed E-state index contributed by atoms with van der Waals surface area (Å²) in [6, 6.07) is 7.68. The molecule has 2 bridgehead atoms. The van der Waals surface area contributed by atoms with Gasteiger partial charge >= 0.3 is 0 Å². The fourth-order valence-electron chi connectivity index (χ4n) is 4.34. The normalized spacial score (nSPS) is 26.5. The first-order valence-electron chi connectivity index (χ1n) is 8.87. The molecule has 0 aliphatic heterocycles. The van der Waals surface area contributed by atoms with Crippen molar-refractivity contribution in [2.45, 2.75) is 45.6 Å². The molecule has 2 aliphatic rings. The van der Waals surface area contributed by atoms with Crippen LogP contribution in [-0.4, -0.2) is 17.9 Å². The molecule has 2 saturated carbocycles. The molecule has 0 radical (unpaired) electrons. The smallest absolute Gasteiger partial charge is 0.244 e. The lowest BCUT2D eigenvalue weighted by Gasteiger charge is -2.28. The molecule has 0 aromatic heterocycles. The maximum atomic E-state index is 12.1. The van der Waals surface area contributed by atoms with Crippen LogP contribution >= 0.6 is 0 Å². The van der Waals surface area contributed by atoms with Crippen molar-refractivity contribution in [3.63, 3.8) is 0 Å². The molecule has 1 aromatic rings. The standard InChI is InChI=1S/C20H26N2O2/c1-13(19-12-16-3-7-17(19)11-16)21-20(24)10-6-15-4-8-18(9-5-15)22-14(2)23/h4-6,8-10,13,16-17,19H,3,7,11-12H2,1-2H3,(H,21,24)(H,22,23)/b10-6+. The maximum absolute atomic E-state index is 12.1. The predicted molar refractivity (Wildman–Crippen MR) is 96.3 cm³/mol. The SMILES string of the molecule is CC(=O)Nc1ccc(/C=C/C(=O)NC(C)C2CC3CCC2C3)cc1. The van der Waals surface area contributed by atoms with Crippen molar-refractivity contribution >= 4 is 23.6 Å². The fraction of sp³-hybridized carbons (Fsp3) is 0.500. The van der Waals surface area contributed by atoms with Crippen LogP contribution in [0.3, 0.4) is 0 Å². The number of carbonyl (C=O) groups excluding carboxylic acids is 2. The Balaban J connectivity index is 1.50. The van der Waals surface area contributed by atoms with Crippen molar-refractivity contribution in [1.29, 1.82) is 0 Å². The van der Waals surface area contributed by atoms with Crippen molar-refractivity contribution in [2.75, 3.05) is 5.32 Å². The Morgan fingerprint density at radius 1 is 1.17 bits per heavy atom. The zero-order chi connectivity index (χ0) is 17.1. The van der Waals surface area contributed by atoms with Gasteiger partial charge in [-0.1, -0.05) is 18.6 Å². The number of amides is 2. The summed E-state index contributed by atoms with van der Waals surface area (Å²) in [6.45, 7) is 3.62. The first-order valence-corrected chi connectivity index (χ1v) is 8.87. The van der Waals surface area contributed by atoms with E-state index in [-0.39, 0.29) is 17.9 Å². The largest absolute Gasteiger partial charge is 0.350 e. The topological polar surface area (TPSA) is 58.2 Å². The zero-order valence-corrected chi connectivity index (χ0v) is 14.4. The summed E-state index contributed by atoms with van der Waals surface area (Å²) in [5, 5.41) is 5.86. The number of hydrogen-bond acceptors (Lipinski definition) is 2. The van der Waals surface area contributed by atoms with E-state index >= 15 is 0 Å². The van der Waals surface area contributed by atoms with Gasteiger partial charge in [-0.2, -0.15) is 0 Å². The number of nitrogens with one attached hydrogen (secondary N) is 2. The third-order valence-corrected chi connectivity index (χ3v) is 5.46. The summed E-state index contributed by atoms with van der Waals surface area (Å²) < 4.78 is 0. The molecule has 4 atom stereocenters. The van der Waals surface area contributed by atoms with Crippen LogP contribution in [-0.2, 0) is 9.59 Å². The molecule has 2 aliphatic carbocycles. The second-order valence-corrected chi connectivity index (χ2v) is 7.27. The van der Waals surface area contributed by atoms with Gasteiger partial charge in [-0.15, -0.1) is 0 Å². The van der Waals surface area contributed by atoms with E-state index in [1.807, 2.05) is 24.3 Å². The van der Waals surface area contributed by atoms with E-state index in [1.165, 1.54) is 32.6 Å². The van der Waals surface area contributed by atoms with Gasteiger partial charge in [-0.05, 0) is 67.7 Å². The summed E-state index contributed by atoms with van der Waals surface area (Å²) in [5.41, 5.74) is 1.70. The first-order chi connectivity index (χ1) is 11.5. The Bertz CT molecular complexity index is 636. The lowest BCUT2D eigenvalue weighted by Crippen LogP contribution is -2.39. The predicted octanol–water partition coefficient (Wildman–Crippen LogP) is 3.60. The van der Waals surface area contributed by atoms with E-state index in [1.54, 1.807) is 12.2 Å². The van der Waals surface area contributed by atoms with E-state index < -0.39 is 0 Å². The highest BCUT2D eigenvalue weighted by molar-refractivity contribution is 5.92. The highest BCUT2D eigenvalue weighted by atomic mass is 16.2.